The van der Waals surface area contributed by atoms with Crippen LogP contribution in [-0.2, 0) is 10.0 Å². The van der Waals surface area contributed by atoms with E-state index in [4.69, 9.17) is 5.14 Å². The van der Waals surface area contributed by atoms with E-state index in [0.717, 1.165) is 5.56 Å². The highest BCUT2D eigenvalue weighted by Gasteiger charge is 2.15. The van der Waals surface area contributed by atoms with Crippen LogP contribution in [-0.4, -0.2) is 14.3 Å². The second kappa shape index (κ2) is 5.67. The average Bonchev–Trinajstić information content (AvgIpc) is 2.37. The topological polar surface area (TPSA) is 89.3 Å². The van der Waals surface area contributed by atoms with Crippen molar-refractivity contribution in [2.45, 2.75) is 18.7 Å². The summed E-state index contributed by atoms with van der Waals surface area (Å²) in [6.45, 7) is 3.54. The minimum absolute atomic E-state index is 0.0422. The Kier molecular flexibility index (Phi) is 4.11. The van der Waals surface area contributed by atoms with Crippen LogP contribution in [0.3, 0.4) is 0 Å². The van der Waals surface area contributed by atoms with Gasteiger partial charge in [0.15, 0.2) is 0 Å². The lowest BCUT2D eigenvalue weighted by atomic mass is 10.1. The second-order valence-corrected chi connectivity index (χ2v) is 6.38. The van der Waals surface area contributed by atoms with E-state index >= 15 is 0 Å². The first-order valence-electron chi connectivity index (χ1n) is 6.29. The van der Waals surface area contributed by atoms with Crippen molar-refractivity contribution in [3.8, 4) is 0 Å². The zero-order valence-corrected chi connectivity index (χ0v) is 12.6. The van der Waals surface area contributed by atoms with Crippen molar-refractivity contribution in [1.82, 2.24) is 0 Å². The van der Waals surface area contributed by atoms with Crippen molar-refractivity contribution in [2.75, 3.05) is 5.32 Å². The first kappa shape index (κ1) is 15.2. The number of carbonyl (C=O) groups is 1. The number of hydrogen-bond donors (Lipinski definition) is 2. The van der Waals surface area contributed by atoms with Gasteiger partial charge >= 0.3 is 0 Å². The Morgan fingerprint density at radius 2 is 1.81 bits per heavy atom. The Morgan fingerprint density at radius 3 is 2.43 bits per heavy atom. The fraction of sp³-hybridized carbons (Fsp3) is 0.133. The van der Waals surface area contributed by atoms with E-state index in [1.54, 1.807) is 25.1 Å². The molecular weight excluding hydrogens is 288 g/mol. The number of hydrogen-bond acceptors (Lipinski definition) is 3. The number of carbonyl (C=O) groups excluding carboxylic acids is 1. The van der Waals surface area contributed by atoms with Crippen molar-refractivity contribution in [3.63, 3.8) is 0 Å². The van der Waals surface area contributed by atoms with E-state index in [0.29, 0.717) is 11.3 Å². The average molecular weight is 304 g/mol. The molecule has 21 heavy (non-hydrogen) atoms. The van der Waals surface area contributed by atoms with Crippen molar-refractivity contribution in [1.29, 1.82) is 0 Å². The summed E-state index contributed by atoms with van der Waals surface area (Å²) in [6, 6.07) is 11.7. The van der Waals surface area contributed by atoms with Crippen LogP contribution in [0.2, 0.25) is 0 Å². The molecule has 0 unspecified atom stereocenters. The molecule has 0 aliphatic heterocycles. The maximum Gasteiger partial charge on any atom is 0.255 e. The van der Waals surface area contributed by atoms with Gasteiger partial charge in [-0.2, -0.15) is 0 Å². The highest BCUT2D eigenvalue weighted by Crippen LogP contribution is 2.17. The van der Waals surface area contributed by atoms with Gasteiger partial charge in [0.2, 0.25) is 10.0 Å². The number of aryl methyl sites for hydroxylation is 2. The zero-order chi connectivity index (χ0) is 15.6. The Hall–Kier alpha value is -2.18. The van der Waals surface area contributed by atoms with Gasteiger partial charge in [0.1, 0.15) is 0 Å². The summed E-state index contributed by atoms with van der Waals surface area (Å²) < 4.78 is 23.0. The van der Waals surface area contributed by atoms with Gasteiger partial charge < -0.3 is 5.32 Å². The lowest BCUT2D eigenvalue weighted by Crippen LogP contribution is -2.17. The molecular formula is C15H16N2O3S. The summed E-state index contributed by atoms with van der Waals surface area (Å²) in [5.74, 6) is -0.384. The molecule has 5 nitrogen and oxygen atoms in total. The number of primary sulfonamides is 1. The fourth-order valence-corrected chi connectivity index (χ4v) is 2.78. The second-order valence-electron chi connectivity index (χ2n) is 4.85. The van der Waals surface area contributed by atoms with E-state index in [9.17, 15) is 13.2 Å². The van der Waals surface area contributed by atoms with Crippen LogP contribution in [0.15, 0.2) is 47.4 Å². The standard InChI is InChI=1S/C15H16N2O3S/c1-10-4-3-5-13(8-10)17-15(18)12-7-6-11(2)14(9-12)21(16,19)20/h3-9H,1-2H3,(H,17,18)(H2,16,19,20). The molecule has 0 bridgehead atoms. The predicted octanol–water partition coefficient (Wildman–Crippen LogP) is 2.20. The van der Waals surface area contributed by atoms with Crippen LogP contribution >= 0.6 is 0 Å². The molecule has 0 aliphatic rings. The van der Waals surface area contributed by atoms with Gasteiger partial charge in [-0.1, -0.05) is 18.2 Å². The molecule has 0 saturated heterocycles. The number of amides is 1. The maximum atomic E-state index is 12.2. The highest BCUT2D eigenvalue weighted by molar-refractivity contribution is 7.89. The molecule has 0 fully saturated rings. The number of anilines is 1. The quantitative estimate of drug-likeness (QED) is 0.911. The first-order valence-corrected chi connectivity index (χ1v) is 7.83. The minimum atomic E-state index is -3.85. The van der Waals surface area contributed by atoms with E-state index < -0.39 is 10.0 Å². The largest absolute Gasteiger partial charge is 0.322 e. The Labute approximate surface area is 123 Å². The summed E-state index contributed by atoms with van der Waals surface area (Å²) in [5.41, 5.74) is 2.41. The highest BCUT2D eigenvalue weighted by atomic mass is 32.2. The predicted molar refractivity (Wildman–Crippen MR) is 81.7 cm³/mol. The van der Waals surface area contributed by atoms with E-state index in [2.05, 4.69) is 5.32 Å². The third-order valence-electron chi connectivity index (χ3n) is 3.03. The molecule has 2 aromatic rings. The summed E-state index contributed by atoms with van der Waals surface area (Å²) in [6.07, 6.45) is 0. The summed E-state index contributed by atoms with van der Waals surface area (Å²) in [7, 11) is -3.85. The SMILES string of the molecule is Cc1cccc(NC(=O)c2ccc(C)c(S(N)(=O)=O)c2)c1. The molecule has 0 aromatic heterocycles. The molecule has 6 heteroatoms. The molecule has 2 rings (SSSR count). The molecule has 0 radical (unpaired) electrons. The van der Waals surface area contributed by atoms with Gasteiger partial charge in [-0.25, -0.2) is 13.6 Å². The lowest BCUT2D eigenvalue weighted by Gasteiger charge is -2.09. The van der Waals surface area contributed by atoms with Gasteiger partial charge in [-0.3, -0.25) is 4.79 Å². The summed E-state index contributed by atoms with van der Waals surface area (Å²) >= 11 is 0. The van der Waals surface area contributed by atoms with Crippen molar-refractivity contribution in [3.05, 3.63) is 59.2 Å². The van der Waals surface area contributed by atoms with Crippen molar-refractivity contribution >= 4 is 21.6 Å². The zero-order valence-electron chi connectivity index (χ0n) is 11.8. The van der Waals surface area contributed by atoms with E-state index in [1.165, 1.54) is 6.07 Å². The first-order chi connectivity index (χ1) is 9.77. The lowest BCUT2D eigenvalue weighted by molar-refractivity contribution is 0.102. The Bertz CT molecular complexity index is 798. The molecule has 0 saturated carbocycles. The summed E-state index contributed by atoms with van der Waals surface area (Å²) in [5, 5.41) is 7.86. The Morgan fingerprint density at radius 1 is 1.10 bits per heavy atom. The van der Waals surface area contributed by atoms with E-state index in [-0.39, 0.29) is 16.4 Å². The van der Waals surface area contributed by atoms with Crippen LogP contribution in [0, 0.1) is 13.8 Å². The van der Waals surface area contributed by atoms with E-state index in [1.807, 2.05) is 25.1 Å². The van der Waals surface area contributed by atoms with Gasteiger partial charge in [0.05, 0.1) is 4.90 Å². The minimum Gasteiger partial charge on any atom is -0.322 e. The number of sulfonamides is 1. The number of benzene rings is 2. The number of rotatable bonds is 3. The monoisotopic (exact) mass is 304 g/mol. The van der Waals surface area contributed by atoms with Gasteiger partial charge in [-0.15, -0.1) is 0 Å². The van der Waals surface area contributed by atoms with Crippen LogP contribution in [0.4, 0.5) is 5.69 Å². The normalized spacial score (nSPS) is 11.2. The van der Waals surface area contributed by atoms with Crippen LogP contribution in [0.25, 0.3) is 0 Å². The van der Waals surface area contributed by atoms with Gasteiger partial charge in [0.25, 0.3) is 5.91 Å². The molecule has 0 aliphatic carbocycles. The molecule has 0 atom stereocenters. The fourth-order valence-electron chi connectivity index (χ4n) is 1.97. The van der Waals surface area contributed by atoms with Crippen molar-refractivity contribution in [2.24, 2.45) is 5.14 Å². The molecule has 2 aromatic carbocycles. The smallest absolute Gasteiger partial charge is 0.255 e. The van der Waals surface area contributed by atoms with Crippen LogP contribution < -0.4 is 10.5 Å². The number of nitrogens with two attached hydrogens (primary N) is 1. The van der Waals surface area contributed by atoms with Gasteiger partial charge in [0, 0.05) is 11.3 Å². The summed E-state index contributed by atoms with van der Waals surface area (Å²) in [4.78, 5) is 12.1. The third-order valence-corrected chi connectivity index (χ3v) is 4.09. The maximum absolute atomic E-state index is 12.2. The third kappa shape index (κ3) is 3.68. The van der Waals surface area contributed by atoms with Crippen LogP contribution in [0.1, 0.15) is 21.5 Å². The van der Waals surface area contributed by atoms with Crippen molar-refractivity contribution < 1.29 is 13.2 Å². The Balaban J connectivity index is 2.32. The molecule has 110 valence electrons. The van der Waals surface area contributed by atoms with Crippen LogP contribution in [0.5, 0.6) is 0 Å². The number of nitrogens with one attached hydrogen (secondary N) is 1. The molecule has 0 spiro atoms. The molecule has 1 amide bonds. The van der Waals surface area contributed by atoms with Gasteiger partial charge in [-0.05, 0) is 49.2 Å². The molecule has 3 N–H and O–H groups in total. The molecule has 0 heterocycles.